The Morgan fingerprint density at radius 1 is 0.969 bits per heavy atom. The van der Waals surface area contributed by atoms with Crippen molar-refractivity contribution in [3.05, 3.63) is 0 Å². The average Bonchev–Trinajstić information content (AvgIpc) is 3.27. The predicted octanol–water partition coefficient (Wildman–Crippen LogP) is 0.631. The van der Waals surface area contributed by atoms with Gasteiger partial charge in [0.25, 0.3) is 5.91 Å². The van der Waals surface area contributed by atoms with E-state index in [4.69, 9.17) is 9.47 Å². The number of amides is 1. The molecule has 3 saturated heterocycles. The molecule has 9 nitrogen and oxygen atoms in total. The summed E-state index contributed by atoms with van der Waals surface area (Å²) in [4.78, 5) is 12.9. The minimum absolute atomic E-state index is 0.0233. The maximum absolute atomic E-state index is 13.4. The highest BCUT2D eigenvalue weighted by atomic mass is 32.2. The molecular weight excluding hydrogens is 434 g/mol. The average molecular weight is 472 g/mol. The van der Waals surface area contributed by atoms with Gasteiger partial charge in [0.15, 0.2) is 0 Å². The van der Waals surface area contributed by atoms with Crippen molar-refractivity contribution in [3.8, 4) is 0 Å². The third kappa shape index (κ3) is 4.46. The maximum Gasteiger partial charge on any atom is 0.265 e. The number of sulfonamides is 1. The molecule has 32 heavy (non-hydrogen) atoms. The van der Waals surface area contributed by atoms with Gasteiger partial charge in [0.1, 0.15) is 6.10 Å². The van der Waals surface area contributed by atoms with Crippen LogP contribution in [0, 0.1) is 11.8 Å². The molecule has 2 saturated carbocycles. The van der Waals surface area contributed by atoms with Crippen molar-refractivity contribution in [2.75, 3.05) is 32.8 Å². The topological polar surface area (TPSA) is 108 Å². The lowest BCUT2D eigenvalue weighted by Crippen LogP contribution is -2.53. The molecule has 6 atom stereocenters. The Bertz CT molecular complexity index is 789. The SMILES string of the molecule is O=C([C@@H](O)C1CCCCC1)N1CC2CN(S(=O)(=O)C3CCC4OCCOC4C3)CCC2N1. The van der Waals surface area contributed by atoms with Crippen molar-refractivity contribution in [1.82, 2.24) is 14.7 Å². The summed E-state index contributed by atoms with van der Waals surface area (Å²) in [7, 11) is -3.43. The molecule has 0 aromatic heterocycles. The highest BCUT2D eigenvalue weighted by Gasteiger charge is 2.47. The number of rotatable bonds is 4. The van der Waals surface area contributed by atoms with Crippen LogP contribution >= 0.6 is 0 Å². The minimum atomic E-state index is -3.43. The van der Waals surface area contributed by atoms with Crippen LogP contribution in [0.3, 0.4) is 0 Å². The summed E-state index contributed by atoms with van der Waals surface area (Å²) in [6.45, 7) is 2.46. The fourth-order valence-electron chi connectivity index (χ4n) is 6.35. The second-order valence-electron chi connectivity index (χ2n) is 10.2. The molecule has 182 valence electrons. The van der Waals surface area contributed by atoms with Gasteiger partial charge in [-0.1, -0.05) is 19.3 Å². The Hall–Kier alpha value is -0.780. The van der Waals surface area contributed by atoms with Crippen LogP contribution in [-0.2, 0) is 24.3 Å². The molecule has 10 heteroatoms. The zero-order chi connectivity index (χ0) is 22.3. The number of hydrogen-bond acceptors (Lipinski definition) is 7. The van der Waals surface area contributed by atoms with Gasteiger partial charge in [-0.2, -0.15) is 0 Å². The number of carbonyl (C=O) groups excluding carboxylic acids is 1. The van der Waals surface area contributed by atoms with Crippen LogP contribution in [0.1, 0.15) is 57.8 Å². The highest BCUT2D eigenvalue weighted by Crippen LogP contribution is 2.35. The molecule has 2 N–H and O–H groups in total. The fourth-order valence-corrected chi connectivity index (χ4v) is 8.40. The van der Waals surface area contributed by atoms with Crippen molar-refractivity contribution >= 4 is 15.9 Å². The van der Waals surface area contributed by atoms with Gasteiger partial charge in [-0.3, -0.25) is 9.80 Å². The van der Waals surface area contributed by atoms with Crippen LogP contribution in [0.5, 0.6) is 0 Å². The molecule has 5 fully saturated rings. The zero-order valence-corrected chi connectivity index (χ0v) is 19.5. The van der Waals surface area contributed by atoms with Crippen molar-refractivity contribution in [3.63, 3.8) is 0 Å². The van der Waals surface area contributed by atoms with Gasteiger partial charge in [0.05, 0.1) is 30.7 Å². The molecule has 0 bridgehead atoms. The summed E-state index contributed by atoms with van der Waals surface area (Å²) < 4.78 is 40.0. The number of fused-ring (bicyclic) bond motifs is 2. The van der Waals surface area contributed by atoms with Gasteiger partial charge in [0.2, 0.25) is 10.0 Å². The van der Waals surface area contributed by atoms with E-state index in [0.717, 1.165) is 32.1 Å². The van der Waals surface area contributed by atoms with E-state index in [0.29, 0.717) is 52.1 Å². The Balaban J connectivity index is 1.19. The summed E-state index contributed by atoms with van der Waals surface area (Å²) in [5.41, 5.74) is 3.27. The third-order valence-electron chi connectivity index (χ3n) is 8.26. The van der Waals surface area contributed by atoms with E-state index in [9.17, 15) is 18.3 Å². The molecule has 0 aromatic rings. The van der Waals surface area contributed by atoms with Gasteiger partial charge in [-0.25, -0.2) is 18.1 Å². The standard InChI is InChI=1S/C22H37N3O6S/c26-21(15-4-2-1-3-5-15)22(27)25-14-16-13-24(9-8-18(16)23-25)32(28,29)17-6-7-19-20(12-17)31-11-10-30-19/h15-21,23,26H,1-14H2/t16?,17?,18?,19?,20?,21-/m0/s1. The van der Waals surface area contributed by atoms with E-state index in [1.165, 1.54) is 6.42 Å². The van der Waals surface area contributed by atoms with Crippen molar-refractivity contribution in [2.45, 2.75) is 87.4 Å². The number of hydrogen-bond donors (Lipinski definition) is 2. The van der Waals surface area contributed by atoms with E-state index in [2.05, 4.69) is 5.43 Å². The van der Waals surface area contributed by atoms with Crippen molar-refractivity contribution in [2.24, 2.45) is 11.8 Å². The summed E-state index contributed by atoms with van der Waals surface area (Å²) in [5.74, 6) is -0.168. The first-order valence-corrected chi connectivity index (χ1v) is 13.9. The van der Waals surface area contributed by atoms with E-state index in [-0.39, 0.29) is 36.0 Å². The molecule has 2 aliphatic carbocycles. The first-order valence-electron chi connectivity index (χ1n) is 12.4. The van der Waals surface area contributed by atoms with Crippen LogP contribution in [0.2, 0.25) is 0 Å². The number of nitrogens with zero attached hydrogens (tertiary/aromatic N) is 2. The molecular formula is C22H37N3O6S. The first-order chi connectivity index (χ1) is 15.4. The number of ether oxygens (including phenoxy) is 2. The number of hydrazine groups is 1. The van der Waals surface area contributed by atoms with Crippen LogP contribution in [-0.4, -0.2) is 91.2 Å². The molecule has 0 radical (unpaired) electrons. The normalized spacial score (nSPS) is 38.2. The Morgan fingerprint density at radius 2 is 1.72 bits per heavy atom. The summed E-state index contributed by atoms with van der Waals surface area (Å²) in [5, 5.41) is 11.8. The third-order valence-corrected chi connectivity index (χ3v) is 10.6. The Morgan fingerprint density at radius 3 is 2.50 bits per heavy atom. The van der Waals surface area contributed by atoms with Crippen LogP contribution in [0.4, 0.5) is 0 Å². The number of aliphatic hydroxyl groups excluding tert-OH is 1. The quantitative estimate of drug-likeness (QED) is 0.619. The second-order valence-corrected chi connectivity index (χ2v) is 12.4. The van der Waals surface area contributed by atoms with Gasteiger partial charge in [0, 0.05) is 31.6 Å². The lowest BCUT2D eigenvalue weighted by molar-refractivity contribution is -0.153. The molecule has 5 aliphatic rings. The molecule has 3 aliphatic heterocycles. The smallest absolute Gasteiger partial charge is 0.265 e. The van der Waals surface area contributed by atoms with Crippen molar-refractivity contribution < 1.29 is 27.8 Å². The van der Waals surface area contributed by atoms with Gasteiger partial charge < -0.3 is 14.6 Å². The van der Waals surface area contributed by atoms with Crippen LogP contribution in [0.15, 0.2) is 0 Å². The molecule has 1 amide bonds. The number of carbonyl (C=O) groups is 1. The number of nitrogens with one attached hydrogen (secondary N) is 1. The van der Waals surface area contributed by atoms with Gasteiger partial charge in [-0.05, 0) is 44.4 Å². The van der Waals surface area contributed by atoms with Gasteiger partial charge in [-0.15, -0.1) is 0 Å². The summed E-state index contributed by atoms with van der Waals surface area (Å²) in [6, 6.07) is 0.0785. The molecule has 0 spiro atoms. The summed E-state index contributed by atoms with van der Waals surface area (Å²) >= 11 is 0. The van der Waals surface area contributed by atoms with Crippen LogP contribution in [0.25, 0.3) is 0 Å². The fraction of sp³-hybridized carbons (Fsp3) is 0.955. The Kier molecular flexibility index (Phi) is 6.80. The summed E-state index contributed by atoms with van der Waals surface area (Å²) in [6.07, 6.45) is 6.54. The van der Waals surface area contributed by atoms with E-state index in [1.807, 2.05) is 0 Å². The van der Waals surface area contributed by atoms with E-state index in [1.54, 1.807) is 9.31 Å². The first kappa shape index (κ1) is 23.0. The maximum atomic E-state index is 13.4. The molecule has 0 aromatic carbocycles. The number of aliphatic hydroxyl groups is 1. The van der Waals surface area contributed by atoms with Gasteiger partial charge >= 0.3 is 0 Å². The van der Waals surface area contributed by atoms with Crippen molar-refractivity contribution in [1.29, 1.82) is 0 Å². The highest BCUT2D eigenvalue weighted by molar-refractivity contribution is 7.89. The molecule has 5 rings (SSSR count). The monoisotopic (exact) mass is 471 g/mol. The number of piperidine rings is 1. The van der Waals surface area contributed by atoms with E-state index >= 15 is 0 Å². The zero-order valence-electron chi connectivity index (χ0n) is 18.7. The Labute approximate surface area is 190 Å². The lowest BCUT2D eigenvalue weighted by Gasteiger charge is -2.41. The molecule has 3 heterocycles. The lowest BCUT2D eigenvalue weighted by atomic mass is 9.85. The molecule has 5 unspecified atom stereocenters. The minimum Gasteiger partial charge on any atom is -0.383 e. The van der Waals surface area contributed by atoms with E-state index < -0.39 is 21.4 Å². The second kappa shape index (κ2) is 9.46. The largest absolute Gasteiger partial charge is 0.383 e. The van der Waals surface area contributed by atoms with Crippen LogP contribution < -0.4 is 5.43 Å². The predicted molar refractivity (Wildman–Crippen MR) is 117 cm³/mol.